The van der Waals surface area contributed by atoms with Crippen molar-refractivity contribution in [1.82, 2.24) is 0 Å². The fraction of sp³-hybridized carbons (Fsp3) is 0.286. The van der Waals surface area contributed by atoms with E-state index in [1.165, 1.54) is 15.3 Å². The molecular formula is C14H17NS. The van der Waals surface area contributed by atoms with Crippen LogP contribution in [0.3, 0.4) is 0 Å². The third kappa shape index (κ3) is 2.71. The molecule has 0 saturated carbocycles. The smallest absolute Gasteiger partial charge is 0.0343 e. The molecule has 2 heteroatoms. The monoisotopic (exact) mass is 231 g/mol. The zero-order valence-electron chi connectivity index (χ0n) is 9.52. The fourth-order valence-electron chi connectivity index (χ4n) is 1.76. The summed E-state index contributed by atoms with van der Waals surface area (Å²) in [6.07, 6.45) is 2.06. The molecule has 2 aromatic rings. The van der Waals surface area contributed by atoms with E-state index in [1.807, 2.05) is 29.5 Å². The molecule has 0 fully saturated rings. The lowest BCUT2D eigenvalue weighted by Gasteiger charge is -2.10. The number of rotatable bonds is 4. The Balaban J connectivity index is 2.05. The van der Waals surface area contributed by atoms with Crippen LogP contribution in [0.15, 0.2) is 42.5 Å². The molecule has 16 heavy (non-hydrogen) atoms. The average molecular weight is 231 g/mol. The molecule has 0 bridgehead atoms. The van der Waals surface area contributed by atoms with Gasteiger partial charge in [-0.25, -0.2) is 0 Å². The van der Waals surface area contributed by atoms with Crippen molar-refractivity contribution in [2.24, 2.45) is 5.73 Å². The fourth-order valence-corrected chi connectivity index (χ4v) is 2.77. The largest absolute Gasteiger partial charge is 0.324 e. The van der Waals surface area contributed by atoms with Crippen LogP contribution >= 0.6 is 11.3 Å². The van der Waals surface area contributed by atoms with Crippen molar-refractivity contribution in [3.8, 4) is 0 Å². The summed E-state index contributed by atoms with van der Waals surface area (Å²) in [5.41, 5.74) is 7.40. The first-order chi connectivity index (χ1) is 7.79. The quantitative estimate of drug-likeness (QED) is 0.855. The lowest BCUT2D eigenvalue weighted by atomic mass is 10.0. The molecule has 1 atom stereocenters. The standard InChI is InChI=1S/C14H17NS/c1-2-12-8-9-13(16-12)10-14(15)11-6-4-3-5-7-11/h3-9,14H,2,10,15H2,1H3. The van der Waals surface area contributed by atoms with E-state index in [-0.39, 0.29) is 6.04 Å². The Bertz CT molecular complexity index is 433. The first-order valence-electron chi connectivity index (χ1n) is 5.67. The highest BCUT2D eigenvalue weighted by atomic mass is 32.1. The van der Waals surface area contributed by atoms with E-state index in [0.717, 1.165) is 12.8 Å². The second-order valence-electron chi connectivity index (χ2n) is 3.94. The number of benzene rings is 1. The molecule has 1 aromatic carbocycles. The molecule has 0 amide bonds. The maximum Gasteiger partial charge on any atom is 0.0343 e. The van der Waals surface area contributed by atoms with E-state index < -0.39 is 0 Å². The zero-order valence-corrected chi connectivity index (χ0v) is 10.3. The third-order valence-electron chi connectivity index (χ3n) is 2.71. The first-order valence-corrected chi connectivity index (χ1v) is 6.49. The van der Waals surface area contributed by atoms with Crippen LogP contribution in [0.2, 0.25) is 0 Å². The molecule has 0 spiro atoms. The molecule has 1 nitrogen and oxygen atoms in total. The van der Waals surface area contributed by atoms with Crippen molar-refractivity contribution in [2.75, 3.05) is 0 Å². The van der Waals surface area contributed by atoms with Gasteiger partial charge in [0.2, 0.25) is 0 Å². The highest BCUT2D eigenvalue weighted by molar-refractivity contribution is 7.11. The van der Waals surface area contributed by atoms with Crippen LogP contribution < -0.4 is 5.73 Å². The van der Waals surface area contributed by atoms with Crippen molar-refractivity contribution in [3.05, 3.63) is 57.8 Å². The third-order valence-corrected chi connectivity index (χ3v) is 3.97. The van der Waals surface area contributed by atoms with Gasteiger partial charge in [0.15, 0.2) is 0 Å². The summed E-state index contributed by atoms with van der Waals surface area (Å²) in [6, 6.07) is 14.8. The molecule has 84 valence electrons. The Morgan fingerprint density at radius 3 is 2.38 bits per heavy atom. The van der Waals surface area contributed by atoms with Crippen LogP contribution in [0.5, 0.6) is 0 Å². The maximum absolute atomic E-state index is 6.18. The van der Waals surface area contributed by atoms with Gasteiger partial charge in [-0.05, 0) is 24.1 Å². The van der Waals surface area contributed by atoms with E-state index in [1.54, 1.807) is 0 Å². The lowest BCUT2D eigenvalue weighted by molar-refractivity contribution is 0.730. The molecule has 0 aliphatic heterocycles. The van der Waals surface area contributed by atoms with Gasteiger partial charge in [0.05, 0.1) is 0 Å². The van der Waals surface area contributed by atoms with Gasteiger partial charge in [-0.1, -0.05) is 37.3 Å². The van der Waals surface area contributed by atoms with Gasteiger partial charge in [-0.3, -0.25) is 0 Å². The number of nitrogens with two attached hydrogens (primary N) is 1. The highest BCUT2D eigenvalue weighted by Crippen LogP contribution is 2.22. The summed E-state index contributed by atoms with van der Waals surface area (Å²) in [4.78, 5) is 2.82. The van der Waals surface area contributed by atoms with Crippen LogP contribution in [0.4, 0.5) is 0 Å². The lowest BCUT2D eigenvalue weighted by Crippen LogP contribution is -2.12. The van der Waals surface area contributed by atoms with Gasteiger partial charge in [0.1, 0.15) is 0 Å². The van der Waals surface area contributed by atoms with E-state index in [0.29, 0.717) is 0 Å². The van der Waals surface area contributed by atoms with Gasteiger partial charge in [-0.2, -0.15) is 0 Å². The number of hydrogen-bond donors (Lipinski definition) is 1. The molecular weight excluding hydrogens is 214 g/mol. The summed E-state index contributed by atoms with van der Waals surface area (Å²) >= 11 is 1.88. The second-order valence-corrected chi connectivity index (χ2v) is 5.20. The molecule has 0 radical (unpaired) electrons. The second kappa shape index (κ2) is 5.28. The van der Waals surface area contributed by atoms with Crippen LogP contribution in [0.25, 0.3) is 0 Å². The van der Waals surface area contributed by atoms with Crippen LogP contribution in [0, 0.1) is 0 Å². The minimum atomic E-state index is 0.115. The van der Waals surface area contributed by atoms with Crippen molar-refractivity contribution >= 4 is 11.3 Å². The van der Waals surface area contributed by atoms with Gasteiger partial charge in [0, 0.05) is 22.2 Å². The molecule has 0 saturated heterocycles. The number of hydrogen-bond acceptors (Lipinski definition) is 2. The van der Waals surface area contributed by atoms with Crippen LogP contribution in [-0.2, 0) is 12.8 Å². The summed E-state index contributed by atoms with van der Waals surface area (Å²) in [6.45, 7) is 2.19. The molecule has 1 unspecified atom stereocenters. The molecule has 1 heterocycles. The number of aryl methyl sites for hydroxylation is 1. The van der Waals surface area contributed by atoms with Gasteiger partial charge in [0.25, 0.3) is 0 Å². The predicted octanol–water partition coefficient (Wildman–Crippen LogP) is 3.55. The normalized spacial score (nSPS) is 12.6. The Morgan fingerprint density at radius 1 is 1.06 bits per heavy atom. The highest BCUT2D eigenvalue weighted by Gasteiger charge is 2.08. The molecule has 0 aliphatic rings. The van der Waals surface area contributed by atoms with Crippen molar-refractivity contribution < 1.29 is 0 Å². The minimum Gasteiger partial charge on any atom is -0.324 e. The van der Waals surface area contributed by atoms with Crippen LogP contribution in [0.1, 0.15) is 28.3 Å². The van der Waals surface area contributed by atoms with Crippen molar-refractivity contribution in [1.29, 1.82) is 0 Å². The zero-order chi connectivity index (χ0) is 11.4. The summed E-state index contributed by atoms with van der Waals surface area (Å²) in [7, 11) is 0. The number of thiophene rings is 1. The van der Waals surface area contributed by atoms with E-state index in [9.17, 15) is 0 Å². The summed E-state index contributed by atoms with van der Waals surface area (Å²) in [5, 5.41) is 0. The predicted molar refractivity (Wildman–Crippen MR) is 70.8 cm³/mol. The Kier molecular flexibility index (Phi) is 3.75. The maximum atomic E-state index is 6.18. The van der Waals surface area contributed by atoms with Gasteiger partial charge >= 0.3 is 0 Å². The Hall–Kier alpha value is -1.12. The Labute approximate surface area is 101 Å². The van der Waals surface area contributed by atoms with Crippen molar-refractivity contribution in [3.63, 3.8) is 0 Å². The molecule has 2 N–H and O–H groups in total. The van der Waals surface area contributed by atoms with Crippen molar-refractivity contribution in [2.45, 2.75) is 25.8 Å². The minimum absolute atomic E-state index is 0.115. The van der Waals surface area contributed by atoms with Gasteiger partial charge in [-0.15, -0.1) is 11.3 Å². The van der Waals surface area contributed by atoms with Gasteiger partial charge < -0.3 is 5.73 Å². The average Bonchev–Trinajstić information content (AvgIpc) is 2.78. The van der Waals surface area contributed by atoms with E-state index in [4.69, 9.17) is 5.73 Å². The van der Waals surface area contributed by atoms with E-state index >= 15 is 0 Å². The molecule has 0 aliphatic carbocycles. The SMILES string of the molecule is CCc1ccc(CC(N)c2ccccc2)s1. The Morgan fingerprint density at radius 2 is 1.75 bits per heavy atom. The summed E-state index contributed by atoms with van der Waals surface area (Å²) in [5.74, 6) is 0. The summed E-state index contributed by atoms with van der Waals surface area (Å²) < 4.78 is 0. The molecule has 2 rings (SSSR count). The molecule has 1 aromatic heterocycles. The van der Waals surface area contributed by atoms with E-state index in [2.05, 4.69) is 31.2 Å². The topological polar surface area (TPSA) is 26.0 Å². The van der Waals surface area contributed by atoms with Crippen LogP contribution in [-0.4, -0.2) is 0 Å². The first kappa shape index (κ1) is 11.4.